The van der Waals surface area contributed by atoms with Gasteiger partial charge in [-0.15, -0.1) is 0 Å². The van der Waals surface area contributed by atoms with Crippen LogP contribution >= 0.6 is 0 Å². The van der Waals surface area contributed by atoms with Gasteiger partial charge in [0.25, 0.3) is 0 Å². The molecule has 1 aromatic heterocycles. The summed E-state index contributed by atoms with van der Waals surface area (Å²) in [6.45, 7) is 2.59. The molecule has 0 saturated heterocycles. The molecular formula is C15H19N5O2. The summed E-state index contributed by atoms with van der Waals surface area (Å²) in [6.07, 6.45) is 3.58. The van der Waals surface area contributed by atoms with E-state index in [2.05, 4.69) is 15.7 Å². The summed E-state index contributed by atoms with van der Waals surface area (Å²) in [5.74, 6) is -0.297. The van der Waals surface area contributed by atoms with Crippen LogP contribution in [0.15, 0.2) is 42.7 Å². The van der Waals surface area contributed by atoms with Crippen LogP contribution in [0.3, 0.4) is 0 Å². The van der Waals surface area contributed by atoms with Gasteiger partial charge >= 0.3 is 6.03 Å². The van der Waals surface area contributed by atoms with E-state index in [9.17, 15) is 9.59 Å². The summed E-state index contributed by atoms with van der Waals surface area (Å²) in [4.78, 5) is 22.4. The molecule has 0 aliphatic heterocycles. The van der Waals surface area contributed by atoms with Crippen molar-refractivity contribution in [2.45, 2.75) is 26.1 Å². The van der Waals surface area contributed by atoms with Crippen molar-refractivity contribution in [1.82, 2.24) is 20.4 Å². The normalized spacial score (nSPS) is 11.7. The second-order valence-corrected chi connectivity index (χ2v) is 4.98. The number of hydrogen-bond acceptors (Lipinski definition) is 3. The molecule has 0 unspecified atom stereocenters. The quantitative estimate of drug-likeness (QED) is 0.728. The highest BCUT2D eigenvalue weighted by molar-refractivity contribution is 5.86. The Morgan fingerprint density at radius 2 is 2.00 bits per heavy atom. The number of rotatable bonds is 6. The van der Waals surface area contributed by atoms with Gasteiger partial charge in [0.15, 0.2) is 0 Å². The molecule has 0 fully saturated rings. The van der Waals surface area contributed by atoms with E-state index in [0.29, 0.717) is 13.1 Å². The Morgan fingerprint density at radius 1 is 1.27 bits per heavy atom. The minimum Gasteiger partial charge on any atom is -0.352 e. The van der Waals surface area contributed by atoms with Crippen LogP contribution in [0.5, 0.6) is 0 Å². The first kappa shape index (κ1) is 15.6. The zero-order valence-corrected chi connectivity index (χ0v) is 12.3. The van der Waals surface area contributed by atoms with Gasteiger partial charge in [-0.3, -0.25) is 9.48 Å². The molecule has 22 heavy (non-hydrogen) atoms. The van der Waals surface area contributed by atoms with Crippen molar-refractivity contribution >= 4 is 11.9 Å². The number of carbonyl (C=O) groups is 2. The molecule has 2 rings (SSSR count). The molecule has 2 aromatic rings. The lowest BCUT2D eigenvalue weighted by Gasteiger charge is -2.11. The fraction of sp³-hybridized carbons (Fsp3) is 0.267. The maximum absolute atomic E-state index is 11.7. The average molecular weight is 301 g/mol. The molecule has 0 aliphatic carbocycles. The number of urea groups is 1. The van der Waals surface area contributed by atoms with Gasteiger partial charge in [-0.1, -0.05) is 30.3 Å². The Morgan fingerprint density at radius 3 is 2.68 bits per heavy atom. The number of nitrogens with one attached hydrogen (secondary N) is 2. The minimum atomic E-state index is -0.724. The number of amides is 3. The number of hydrogen-bond donors (Lipinski definition) is 3. The highest BCUT2D eigenvalue weighted by Gasteiger charge is 2.13. The lowest BCUT2D eigenvalue weighted by Crippen LogP contribution is -2.46. The Hall–Kier alpha value is -2.83. The van der Waals surface area contributed by atoms with Crippen molar-refractivity contribution in [3.05, 3.63) is 53.9 Å². The Bertz CT molecular complexity index is 638. The Labute approximate surface area is 128 Å². The SMILES string of the molecule is C[C@H](NC(N)=O)C(=O)NCc1cnn(Cc2ccccc2)c1. The molecule has 116 valence electrons. The largest absolute Gasteiger partial charge is 0.352 e. The first-order valence-corrected chi connectivity index (χ1v) is 6.93. The van der Waals surface area contributed by atoms with E-state index in [0.717, 1.165) is 11.1 Å². The van der Waals surface area contributed by atoms with Crippen LogP contribution in [0.4, 0.5) is 4.79 Å². The Balaban J connectivity index is 1.84. The molecule has 0 radical (unpaired) electrons. The predicted molar refractivity (Wildman–Crippen MR) is 81.8 cm³/mol. The number of primary amides is 1. The molecule has 0 aliphatic rings. The van der Waals surface area contributed by atoms with Crippen LogP contribution in [0.25, 0.3) is 0 Å². The lowest BCUT2D eigenvalue weighted by molar-refractivity contribution is -0.122. The van der Waals surface area contributed by atoms with Gasteiger partial charge in [0.05, 0.1) is 12.7 Å². The smallest absolute Gasteiger partial charge is 0.312 e. The minimum absolute atomic E-state index is 0.297. The van der Waals surface area contributed by atoms with E-state index in [1.165, 1.54) is 0 Å². The molecule has 3 amide bonds. The summed E-state index contributed by atoms with van der Waals surface area (Å²) in [6, 6.07) is 8.59. The molecule has 1 atom stereocenters. The first-order chi connectivity index (χ1) is 10.5. The van der Waals surface area contributed by atoms with E-state index in [-0.39, 0.29) is 5.91 Å². The number of nitrogens with two attached hydrogens (primary N) is 1. The van der Waals surface area contributed by atoms with Gasteiger partial charge in [-0.05, 0) is 12.5 Å². The fourth-order valence-electron chi connectivity index (χ4n) is 1.98. The first-order valence-electron chi connectivity index (χ1n) is 6.93. The highest BCUT2D eigenvalue weighted by Crippen LogP contribution is 2.04. The van der Waals surface area contributed by atoms with Crippen molar-refractivity contribution in [2.75, 3.05) is 0 Å². The fourth-order valence-corrected chi connectivity index (χ4v) is 1.98. The average Bonchev–Trinajstić information content (AvgIpc) is 2.92. The summed E-state index contributed by atoms with van der Waals surface area (Å²) in [7, 11) is 0. The topological polar surface area (TPSA) is 102 Å². The summed E-state index contributed by atoms with van der Waals surface area (Å²) in [5.41, 5.74) is 7.01. The molecule has 7 nitrogen and oxygen atoms in total. The zero-order chi connectivity index (χ0) is 15.9. The number of aromatic nitrogens is 2. The van der Waals surface area contributed by atoms with Gasteiger partial charge < -0.3 is 16.4 Å². The van der Waals surface area contributed by atoms with Crippen LogP contribution in [-0.4, -0.2) is 27.8 Å². The van der Waals surface area contributed by atoms with Crippen LogP contribution in [0.1, 0.15) is 18.1 Å². The number of benzene rings is 1. The van der Waals surface area contributed by atoms with E-state index >= 15 is 0 Å². The molecule has 0 saturated carbocycles. The van der Waals surface area contributed by atoms with Gasteiger partial charge in [-0.2, -0.15) is 5.10 Å². The molecule has 1 aromatic carbocycles. The predicted octanol–water partition coefficient (Wildman–Crippen LogP) is 0.604. The van der Waals surface area contributed by atoms with E-state index in [1.807, 2.05) is 41.2 Å². The van der Waals surface area contributed by atoms with Crippen molar-refractivity contribution in [3.8, 4) is 0 Å². The van der Waals surface area contributed by atoms with Gasteiger partial charge in [0.1, 0.15) is 6.04 Å². The van der Waals surface area contributed by atoms with E-state index < -0.39 is 12.1 Å². The van der Waals surface area contributed by atoms with Crippen molar-refractivity contribution in [3.63, 3.8) is 0 Å². The van der Waals surface area contributed by atoms with E-state index in [4.69, 9.17) is 5.73 Å². The third-order valence-corrected chi connectivity index (χ3v) is 3.09. The van der Waals surface area contributed by atoms with E-state index in [1.54, 1.807) is 13.1 Å². The van der Waals surface area contributed by atoms with Crippen molar-refractivity contribution < 1.29 is 9.59 Å². The molecule has 1 heterocycles. The lowest BCUT2D eigenvalue weighted by atomic mass is 10.2. The summed E-state index contributed by atoms with van der Waals surface area (Å²) < 4.78 is 1.81. The summed E-state index contributed by atoms with van der Waals surface area (Å²) in [5, 5.41) is 9.30. The Kier molecular flexibility index (Phi) is 5.13. The zero-order valence-electron chi connectivity index (χ0n) is 12.3. The van der Waals surface area contributed by atoms with Gasteiger partial charge in [-0.25, -0.2) is 4.79 Å². The van der Waals surface area contributed by atoms with Gasteiger partial charge in [0.2, 0.25) is 5.91 Å². The number of nitrogens with zero attached hydrogens (tertiary/aromatic N) is 2. The molecule has 0 spiro atoms. The van der Waals surface area contributed by atoms with Crippen LogP contribution in [0.2, 0.25) is 0 Å². The van der Waals surface area contributed by atoms with Gasteiger partial charge in [0, 0.05) is 18.3 Å². The molecule has 4 N–H and O–H groups in total. The summed E-state index contributed by atoms with van der Waals surface area (Å²) >= 11 is 0. The maximum atomic E-state index is 11.7. The maximum Gasteiger partial charge on any atom is 0.312 e. The number of carbonyl (C=O) groups excluding carboxylic acids is 2. The van der Waals surface area contributed by atoms with Crippen molar-refractivity contribution in [2.24, 2.45) is 5.73 Å². The second kappa shape index (κ2) is 7.26. The third-order valence-electron chi connectivity index (χ3n) is 3.09. The second-order valence-electron chi connectivity index (χ2n) is 4.98. The van der Waals surface area contributed by atoms with Crippen LogP contribution in [-0.2, 0) is 17.9 Å². The molecular weight excluding hydrogens is 282 g/mol. The molecule has 0 bridgehead atoms. The highest BCUT2D eigenvalue weighted by atomic mass is 16.2. The van der Waals surface area contributed by atoms with Crippen LogP contribution in [0, 0.1) is 0 Å². The van der Waals surface area contributed by atoms with Crippen molar-refractivity contribution in [1.29, 1.82) is 0 Å². The molecule has 7 heteroatoms. The standard InChI is InChI=1S/C15H19N5O2/c1-11(19-15(16)22)14(21)17-7-13-8-18-20(10-13)9-12-5-3-2-4-6-12/h2-6,8,10-11H,7,9H2,1H3,(H,17,21)(H3,16,19,22)/t11-/m0/s1. The van der Waals surface area contributed by atoms with Crippen LogP contribution < -0.4 is 16.4 Å². The monoisotopic (exact) mass is 301 g/mol. The third kappa shape index (κ3) is 4.62.